The highest BCUT2D eigenvalue weighted by molar-refractivity contribution is 7.94. The van der Waals surface area contributed by atoms with E-state index in [-0.39, 0.29) is 48.7 Å². The van der Waals surface area contributed by atoms with Crippen LogP contribution in [-0.2, 0) is 38.7 Å². The monoisotopic (exact) mass is 478 g/mol. The lowest BCUT2D eigenvalue weighted by molar-refractivity contribution is -0.152. The molecule has 10 heteroatoms. The van der Waals surface area contributed by atoms with Crippen molar-refractivity contribution < 1.29 is 35.9 Å². The van der Waals surface area contributed by atoms with Gasteiger partial charge in [-0.15, -0.1) is 0 Å². The Morgan fingerprint density at radius 2 is 0.938 bits per heavy atom. The predicted molar refractivity (Wildman–Crippen MR) is 113 cm³/mol. The zero-order valence-corrected chi connectivity index (χ0v) is 18.7. The fraction of sp³-hybridized carbons (Fsp3) is 0.364. The minimum absolute atomic E-state index is 0.0441. The fourth-order valence-corrected chi connectivity index (χ4v) is 7.34. The van der Waals surface area contributed by atoms with Crippen LogP contribution < -0.4 is 0 Å². The molecule has 4 rings (SSSR count). The molecule has 8 nitrogen and oxygen atoms in total. The average molecular weight is 479 g/mol. The number of esters is 2. The van der Waals surface area contributed by atoms with Gasteiger partial charge in [-0.2, -0.15) is 0 Å². The number of ether oxygens (including phenoxy) is 2. The van der Waals surface area contributed by atoms with E-state index in [9.17, 15) is 26.4 Å². The van der Waals surface area contributed by atoms with Crippen LogP contribution >= 0.6 is 0 Å². The third-order valence-corrected chi connectivity index (χ3v) is 10.8. The van der Waals surface area contributed by atoms with Crippen LogP contribution in [0.5, 0.6) is 0 Å². The molecular weight excluding hydrogens is 456 g/mol. The number of benzene rings is 2. The molecule has 0 atom stereocenters. The Balaban J connectivity index is 1.34. The van der Waals surface area contributed by atoms with Crippen LogP contribution in [0.15, 0.2) is 70.5 Å². The van der Waals surface area contributed by atoms with E-state index in [1.165, 1.54) is 24.3 Å². The van der Waals surface area contributed by atoms with Gasteiger partial charge in [-0.3, -0.25) is 9.59 Å². The summed E-state index contributed by atoms with van der Waals surface area (Å²) >= 11 is 0. The largest absolute Gasteiger partial charge is 0.461 e. The summed E-state index contributed by atoms with van der Waals surface area (Å²) in [7, 11) is -7.81. The molecule has 2 saturated carbocycles. The molecule has 0 radical (unpaired) electrons. The molecular formula is C22H22O8S2. The SMILES string of the molecule is O=C(OCCOC(=O)C1(S(=O)(=O)c2ccccc2)CC1)C1(S(=O)(=O)c2ccccc2)CC1. The topological polar surface area (TPSA) is 121 Å². The first-order valence-electron chi connectivity index (χ1n) is 10.1. The van der Waals surface area contributed by atoms with Crippen molar-refractivity contribution in [1.82, 2.24) is 0 Å². The highest BCUT2D eigenvalue weighted by Crippen LogP contribution is 2.48. The molecule has 0 bridgehead atoms. The van der Waals surface area contributed by atoms with E-state index in [0.717, 1.165) is 0 Å². The van der Waals surface area contributed by atoms with E-state index in [4.69, 9.17) is 9.47 Å². The first-order valence-corrected chi connectivity index (χ1v) is 13.1. The van der Waals surface area contributed by atoms with Crippen molar-refractivity contribution in [2.45, 2.75) is 45.0 Å². The van der Waals surface area contributed by atoms with Crippen molar-refractivity contribution in [3.8, 4) is 0 Å². The highest BCUT2D eigenvalue weighted by Gasteiger charge is 2.63. The van der Waals surface area contributed by atoms with E-state index in [1.54, 1.807) is 36.4 Å². The van der Waals surface area contributed by atoms with Gasteiger partial charge in [-0.25, -0.2) is 16.8 Å². The summed E-state index contributed by atoms with van der Waals surface area (Å²) in [6, 6.07) is 15.3. The molecule has 0 saturated heterocycles. The van der Waals surface area contributed by atoms with Crippen LogP contribution in [0.25, 0.3) is 0 Å². The van der Waals surface area contributed by atoms with E-state index < -0.39 is 41.1 Å². The molecule has 0 aromatic heterocycles. The summed E-state index contributed by atoms with van der Waals surface area (Å²) in [5.74, 6) is -1.79. The zero-order chi connectivity index (χ0) is 23.0. The Bertz CT molecular complexity index is 1130. The van der Waals surface area contributed by atoms with Gasteiger partial charge in [-0.1, -0.05) is 36.4 Å². The Morgan fingerprint density at radius 1 is 0.625 bits per heavy atom. The second kappa shape index (κ2) is 8.00. The Morgan fingerprint density at radius 3 is 1.22 bits per heavy atom. The highest BCUT2D eigenvalue weighted by atomic mass is 32.2. The third-order valence-electron chi connectivity index (χ3n) is 5.84. The Hall–Kier alpha value is -2.72. The van der Waals surface area contributed by atoms with Gasteiger partial charge < -0.3 is 9.47 Å². The summed E-state index contributed by atoms with van der Waals surface area (Å²) in [4.78, 5) is 25.1. The summed E-state index contributed by atoms with van der Waals surface area (Å²) in [5.41, 5.74) is 0. The number of sulfone groups is 2. The molecule has 32 heavy (non-hydrogen) atoms. The van der Waals surface area contributed by atoms with Crippen molar-refractivity contribution in [1.29, 1.82) is 0 Å². The van der Waals surface area contributed by atoms with Gasteiger partial charge in [0.1, 0.15) is 13.2 Å². The average Bonchev–Trinajstić information content (AvgIpc) is 3.71. The van der Waals surface area contributed by atoms with Gasteiger partial charge in [0.2, 0.25) is 0 Å². The molecule has 2 aromatic carbocycles. The van der Waals surface area contributed by atoms with Crippen molar-refractivity contribution in [2.24, 2.45) is 0 Å². The van der Waals surface area contributed by atoms with Crippen LogP contribution in [0.2, 0.25) is 0 Å². The number of hydrogen-bond acceptors (Lipinski definition) is 8. The molecule has 0 unspecified atom stereocenters. The van der Waals surface area contributed by atoms with Gasteiger partial charge in [0.15, 0.2) is 29.2 Å². The maximum atomic E-state index is 12.8. The summed E-state index contributed by atoms with van der Waals surface area (Å²) in [6.45, 7) is -0.726. The minimum Gasteiger partial charge on any atom is -0.461 e. The normalized spacial score (nSPS) is 18.4. The lowest BCUT2D eigenvalue weighted by atomic mass is 10.4. The van der Waals surface area contributed by atoms with Gasteiger partial charge in [-0.05, 0) is 49.9 Å². The fourth-order valence-electron chi connectivity index (χ4n) is 3.57. The number of carbonyl (C=O) groups excluding carboxylic acids is 2. The van der Waals surface area contributed by atoms with Crippen LogP contribution in [-0.4, -0.2) is 51.5 Å². The molecule has 0 aliphatic heterocycles. The predicted octanol–water partition coefficient (Wildman–Crippen LogP) is 2.09. The Kier molecular flexibility index (Phi) is 5.62. The Labute approximate surface area is 186 Å². The van der Waals surface area contributed by atoms with E-state index >= 15 is 0 Å². The van der Waals surface area contributed by atoms with Crippen LogP contribution in [0.1, 0.15) is 25.7 Å². The van der Waals surface area contributed by atoms with Gasteiger partial charge in [0.25, 0.3) is 0 Å². The molecule has 2 fully saturated rings. The number of carbonyl (C=O) groups is 2. The number of hydrogen-bond donors (Lipinski definition) is 0. The molecule has 2 aliphatic rings. The van der Waals surface area contributed by atoms with E-state index in [1.807, 2.05) is 0 Å². The molecule has 0 spiro atoms. The smallest absolute Gasteiger partial charge is 0.327 e. The third kappa shape index (κ3) is 3.61. The molecule has 0 heterocycles. The maximum Gasteiger partial charge on any atom is 0.327 e. The van der Waals surface area contributed by atoms with Crippen molar-refractivity contribution in [2.75, 3.05) is 13.2 Å². The van der Waals surface area contributed by atoms with Crippen LogP contribution in [0.4, 0.5) is 0 Å². The summed E-state index contributed by atoms with van der Waals surface area (Å²) < 4.78 is 58.3. The van der Waals surface area contributed by atoms with E-state index in [0.29, 0.717) is 0 Å². The van der Waals surface area contributed by atoms with Crippen molar-refractivity contribution in [3.63, 3.8) is 0 Å². The molecule has 0 amide bonds. The summed E-state index contributed by atoms with van der Waals surface area (Å²) in [5, 5.41) is 0. The first-order chi connectivity index (χ1) is 15.2. The lowest BCUT2D eigenvalue weighted by Crippen LogP contribution is -2.37. The lowest BCUT2D eigenvalue weighted by Gasteiger charge is -2.17. The number of rotatable bonds is 9. The summed E-state index contributed by atoms with van der Waals surface area (Å²) in [6.07, 6.45) is 0.616. The zero-order valence-electron chi connectivity index (χ0n) is 17.1. The molecule has 2 aromatic rings. The maximum absolute atomic E-state index is 12.8. The standard InChI is InChI=1S/C22H22O8S2/c23-19(21(11-12-21)31(25,26)17-7-3-1-4-8-17)29-15-16-30-20(24)22(13-14-22)32(27,28)18-9-5-2-6-10-18/h1-10H,11-16H2. The second-order valence-electron chi connectivity index (χ2n) is 7.89. The first kappa shape index (κ1) is 22.5. The quantitative estimate of drug-likeness (QED) is 0.397. The molecule has 0 N–H and O–H groups in total. The van der Waals surface area contributed by atoms with Gasteiger partial charge >= 0.3 is 11.9 Å². The van der Waals surface area contributed by atoms with Crippen LogP contribution in [0, 0.1) is 0 Å². The molecule has 2 aliphatic carbocycles. The van der Waals surface area contributed by atoms with Crippen molar-refractivity contribution in [3.05, 3.63) is 60.7 Å². The van der Waals surface area contributed by atoms with Gasteiger partial charge in [0.05, 0.1) is 9.79 Å². The molecule has 170 valence electrons. The van der Waals surface area contributed by atoms with Crippen LogP contribution in [0.3, 0.4) is 0 Å². The second-order valence-corrected chi connectivity index (χ2v) is 12.4. The minimum atomic E-state index is -3.90. The van der Waals surface area contributed by atoms with Crippen molar-refractivity contribution >= 4 is 31.6 Å². The van der Waals surface area contributed by atoms with Gasteiger partial charge in [0, 0.05) is 0 Å². The van der Waals surface area contributed by atoms with E-state index in [2.05, 4.69) is 0 Å².